The molecule has 0 aliphatic carbocycles. The number of benzene rings is 1. The molecule has 1 aromatic carbocycles. The van der Waals surface area contributed by atoms with E-state index in [0.717, 1.165) is 17.4 Å². The van der Waals surface area contributed by atoms with Crippen LogP contribution in [-0.2, 0) is 0 Å². The molecule has 78 valence electrons. The van der Waals surface area contributed by atoms with Crippen molar-refractivity contribution < 1.29 is 4.79 Å². The van der Waals surface area contributed by atoms with E-state index < -0.39 is 0 Å². The third kappa shape index (κ3) is 2.08. The number of ketones is 1. The minimum atomic E-state index is 0.206. The van der Waals surface area contributed by atoms with E-state index >= 15 is 0 Å². The number of hydrogen-bond donors (Lipinski definition) is 1. The summed E-state index contributed by atoms with van der Waals surface area (Å²) in [7, 11) is 0. The fourth-order valence-corrected chi connectivity index (χ4v) is 2.56. The van der Waals surface area contributed by atoms with Gasteiger partial charge in [-0.2, -0.15) is 0 Å². The maximum absolute atomic E-state index is 11.8. The lowest BCUT2D eigenvalue weighted by molar-refractivity contribution is 0.0983. The van der Waals surface area contributed by atoms with Gasteiger partial charge in [0.1, 0.15) is 0 Å². The molecular formula is C12H13NOS. The lowest BCUT2D eigenvalue weighted by Gasteiger charge is -1.97. The summed E-state index contributed by atoms with van der Waals surface area (Å²) in [5.74, 6) is 0.206. The summed E-state index contributed by atoms with van der Waals surface area (Å²) in [5.41, 5.74) is 6.24. The Morgan fingerprint density at radius 2 is 2.13 bits per heavy atom. The zero-order valence-electron chi connectivity index (χ0n) is 8.40. The lowest BCUT2D eigenvalue weighted by atomic mass is 10.1. The Kier molecular flexibility index (Phi) is 3.14. The summed E-state index contributed by atoms with van der Waals surface area (Å²) in [5, 5.41) is 3.02. The number of fused-ring (bicyclic) bond motifs is 1. The van der Waals surface area contributed by atoms with Crippen molar-refractivity contribution in [3.63, 3.8) is 0 Å². The highest BCUT2D eigenvalue weighted by molar-refractivity contribution is 7.17. The van der Waals surface area contributed by atoms with Gasteiger partial charge in [-0.05, 0) is 19.0 Å². The van der Waals surface area contributed by atoms with E-state index in [1.54, 1.807) is 11.3 Å². The Balaban J connectivity index is 2.31. The summed E-state index contributed by atoms with van der Waals surface area (Å²) in [4.78, 5) is 11.8. The second kappa shape index (κ2) is 4.55. The molecular weight excluding hydrogens is 206 g/mol. The molecule has 0 fully saturated rings. The van der Waals surface area contributed by atoms with Crippen molar-refractivity contribution in [3.05, 3.63) is 35.2 Å². The summed E-state index contributed by atoms with van der Waals surface area (Å²) in [6, 6.07) is 8.00. The van der Waals surface area contributed by atoms with Gasteiger partial charge in [-0.3, -0.25) is 4.79 Å². The van der Waals surface area contributed by atoms with E-state index in [4.69, 9.17) is 5.73 Å². The minimum Gasteiger partial charge on any atom is -0.330 e. The van der Waals surface area contributed by atoms with E-state index in [1.807, 2.05) is 29.6 Å². The van der Waals surface area contributed by atoms with Crippen LogP contribution >= 0.6 is 11.3 Å². The molecule has 15 heavy (non-hydrogen) atoms. The maximum Gasteiger partial charge on any atom is 0.164 e. The van der Waals surface area contributed by atoms with Crippen LogP contribution in [0.5, 0.6) is 0 Å². The molecule has 2 N–H and O–H groups in total. The van der Waals surface area contributed by atoms with Crippen LogP contribution in [-0.4, -0.2) is 12.3 Å². The van der Waals surface area contributed by atoms with E-state index in [2.05, 4.69) is 0 Å². The standard InChI is InChI=1S/C12H13NOS/c13-7-3-5-11(14)10-8-15-12-6-2-1-4-9(10)12/h1-2,4,6,8H,3,5,7,13H2. The second-order valence-electron chi connectivity index (χ2n) is 3.46. The first-order valence-corrected chi connectivity index (χ1v) is 5.90. The van der Waals surface area contributed by atoms with Gasteiger partial charge < -0.3 is 5.73 Å². The highest BCUT2D eigenvalue weighted by atomic mass is 32.1. The van der Waals surface area contributed by atoms with Crippen molar-refractivity contribution in [2.24, 2.45) is 5.73 Å². The van der Waals surface area contributed by atoms with Crippen LogP contribution < -0.4 is 5.73 Å². The third-order valence-electron chi connectivity index (χ3n) is 2.39. The van der Waals surface area contributed by atoms with Gasteiger partial charge in [0.15, 0.2) is 5.78 Å². The van der Waals surface area contributed by atoms with E-state index in [-0.39, 0.29) is 5.78 Å². The monoisotopic (exact) mass is 219 g/mol. The van der Waals surface area contributed by atoms with Crippen LogP contribution in [0, 0.1) is 0 Å². The Morgan fingerprint density at radius 3 is 2.93 bits per heavy atom. The largest absolute Gasteiger partial charge is 0.330 e. The van der Waals surface area contributed by atoms with Crippen LogP contribution in [0.15, 0.2) is 29.6 Å². The number of carbonyl (C=O) groups is 1. The van der Waals surface area contributed by atoms with Crippen LogP contribution in [0.1, 0.15) is 23.2 Å². The van der Waals surface area contributed by atoms with Crippen molar-refractivity contribution >= 4 is 27.2 Å². The van der Waals surface area contributed by atoms with E-state index in [0.29, 0.717) is 13.0 Å². The molecule has 0 aliphatic rings. The van der Waals surface area contributed by atoms with Gasteiger partial charge >= 0.3 is 0 Å². The highest BCUT2D eigenvalue weighted by Gasteiger charge is 2.10. The molecule has 0 unspecified atom stereocenters. The number of carbonyl (C=O) groups excluding carboxylic acids is 1. The van der Waals surface area contributed by atoms with Crippen molar-refractivity contribution in [2.45, 2.75) is 12.8 Å². The molecule has 1 aromatic heterocycles. The first-order chi connectivity index (χ1) is 7.33. The molecule has 0 atom stereocenters. The fraction of sp³-hybridized carbons (Fsp3) is 0.250. The summed E-state index contributed by atoms with van der Waals surface area (Å²) >= 11 is 1.62. The molecule has 2 nitrogen and oxygen atoms in total. The molecule has 0 bridgehead atoms. The Labute approximate surface area is 92.7 Å². The zero-order chi connectivity index (χ0) is 10.7. The van der Waals surface area contributed by atoms with Gasteiger partial charge in [0.25, 0.3) is 0 Å². The number of hydrogen-bond acceptors (Lipinski definition) is 3. The van der Waals surface area contributed by atoms with E-state index in [9.17, 15) is 4.79 Å². The Hall–Kier alpha value is -1.19. The van der Waals surface area contributed by atoms with Crippen LogP contribution in [0.2, 0.25) is 0 Å². The van der Waals surface area contributed by atoms with Crippen molar-refractivity contribution in [2.75, 3.05) is 6.54 Å². The van der Waals surface area contributed by atoms with Crippen molar-refractivity contribution in [1.82, 2.24) is 0 Å². The van der Waals surface area contributed by atoms with Crippen LogP contribution in [0.3, 0.4) is 0 Å². The Morgan fingerprint density at radius 1 is 1.33 bits per heavy atom. The summed E-state index contributed by atoms with van der Waals surface area (Å²) in [6.07, 6.45) is 1.32. The average molecular weight is 219 g/mol. The molecule has 0 saturated carbocycles. The lowest BCUT2D eigenvalue weighted by Crippen LogP contribution is -2.04. The molecule has 2 aromatic rings. The van der Waals surface area contributed by atoms with Crippen molar-refractivity contribution in [3.8, 4) is 0 Å². The minimum absolute atomic E-state index is 0.206. The SMILES string of the molecule is NCCCC(=O)c1csc2ccccc12. The molecule has 0 spiro atoms. The number of Topliss-reactive ketones (excluding diaryl/α,β-unsaturated/α-hetero) is 1. The number of nitrogens with two attached hydrogens (primary N) is 1. The predicted octanol–water partition coefficient (Wildman–Crippen LogP) is 2.82. The fourth-order valence-electron chi connectivity index (χ4n) is 1.59. The quantitative estimate of drug-likeness (QED) is 0.803. The van der Waals surface area contributed by atoms with Crippen molar-refractivity contribution in [1.29, 1.82) is 0 Å². The van der Waals surface area contributed by atoms with E-state index in [1.165, 1.54) is 4.70 Å². The number of rotatable bonds is 4. The summed E-state index contributed by atoms with van der Waals surface area (Å²) in [6.45, 7) is 0.577. The van der Waals surface area contributed by atoms with Gasteiger partial charge in [-0.1, -0.05) is 18.2 Å². The zero-order valence-corrected chi connectivity index (χ0v) is 9.22. The molecule has 1 heterocycles. The van der Waals surface area contributed by atoms with Crippen LogP contribution in [0.25, 0.3) is 10.1 Å². The van der Waals surface area contributed by atoms with Gasteiger partial charge in [0.2, 0.25) is 0 Å². The maximum atomic E-state index is 11.8. The predicted molar refractivity (Wildman–Crippen MR) is 64.4 cm³/mol. The summed E-state index contributed by atoms with van der Waals surface area (Å²) < 4.78 is 1.17. The molecule has 0 aliphatic heterocycles. The van der Waals surface area contributed by atoms with Gasteiger partial charge in [-0.25, -0.2) is 0 Å². The van der Waals surface area contributed by atoms with Gasteiger partial charge in [0, 0.05) is 27.5 Å². The third-order valence-corrected chi connectivity index (χ3v) is 3.35. The highest BCUT2D eigenvalue weighted by Crippen LogP contribution is 2.26. The second-order valence-corrected chi connectivity index (χ2v) is 4.37. The van der Waals surface area contributed by atoms with Gasteiger partial charge in [-0.15, -0.1) is 11.3 Å². The molecule has 3 heteroatoms. The topological polar surface area (TPSA) is 43.1 Å². The average Bonchev–Trinajstić information content (AvgIpc) is 2.69. The first-order valence-electron chi connectivity index (χ1n) is 5.02. The molecule has 0 amide bonds. The molecule has 0 radical (unpaired) electrons. The molecule has 2 rings (SSSR count). The Bertz CT molecular complexity index is 475. The number of thiophene rings is 1. The first kappa shape index (κ1) is 10.3. The van der Waals surface area contributed by atoms with Gasteiger partial charge in [0.05, 0.1) is 0 Å². The normalized spacial score (nSPS) is 10.7. The molecule has 0 saturated heterocycles. The van der Waals surface area contributed by atoms with Crippen LogP contribution in [0.4, 0.5) is 0 Å². The smallest absolute Gasteiger partial charge is 0.164 e.